The Morgan fingerprint density at radius 2 is 1.44 bits per heavy atom. The van der Waals surface area contributed by atoms with Crippen LogP contribution in [0.25, 0.3) is 0 Å². The molecule has 4 nitrogen and oxygen atoms in total. The molecule has 3 rings (SSSR count). The molecule has 0 aliphatic carbocycles. The molecule has 2 N–H and O–H groups in total. The van der Waals surface area contributed by atoms with Crippen LogP contribution in [0.2, 0.25) is 0 Å². The van der Waals surface area contributed by atoms with Crippen LogP contribution in [0.5, 0.6) is 0 Å². The van der Waals surface area contributed by atoms with Gasteiger partial charge >= 0.3 is 0 Å². The van der Waals surface area contributed by atoms with Crippen LogP contribution in [0.4, 0.5) is 0 Å². The van der Waals surface area contributed by atoms with E-state index in [-0.39, 0.29) is 0 Å². The van der Waals surface area contributed by atoms with Crippen molar-refractivity contribution in [2.45, 2.75) is 31.3 Å². The van der Waals surface area contributed by atoms with Gasteiger partial charge < -0.3 is 20.1 Å². The van der Waals surface area contributed by atoms with E-state index in [4.69, 9.17) is 9.47 Å². The molecule has 0 bridgehead atoms. The second-order valence-corrected chi connectivity index (χ2v) is 4.75. The summed E-state index contributed by atoms with van der Waals surface area (Å²) in [7, 11) is 0. The van der Waals surface area contributed by atoms with Crippen LogP contribution in [-0.2, 0) is 9.47 Å². The van der Waals surface area contributed by atoms with Gasteiger partial charge in [0, 0.05) is 19.7 Å². The van der Waals surface area contributed by atoms with E-state index < -0.39 is 0 Å². The van der Waals surface area contributed by atoms with Crippen molar-refractivity contribution in [2.24, 2.45) is 0 Å². The van der Waals surface area contributed by atoms with Crippen molar-refractivity contribution in [3.05, 3.63) is 0 Å². The van der Waals surface area contributed by atoms with Crippen LogP contribution in [0.1, 0.15) is 25.7 Å². The lowest BCUT2D eigenvalue weighted by atomic mass is 9.90. The van der Waals surface area contributed by atoms with Gasteiger partial charge in [0.15, 0.2) is 0 Å². The van der Waals surface area contributed by atoms with Gasteiger partial charge in [0.05, 0.1) is 18.8 Å². The fourth-order valence-corrected chi connectivity index (χ4v) is 2.55. The minimum Gasteiger partial charge on any atom is -0.379 e. The fourth-order valence-electron chi connectivity index (χ4n) is 2.55. The molecule has 3 aliphatic heterocycles. The van der Waals surface area contributed by atoms with Gasteiger partial charge in [-0.2, -0.15) is 0 Å². The van der Waals surface area contributed by atoms with Crippen LogP contribution < -0.4 is 10.6 Å². The van der Waals surface area contributed by atoms with Gasteiger partial charge in [-0.25, -0.2) is 0 Å². The van der Waals surface area contributed by atoms with Crippen molar-refractivity contribution in [1.29, 1.82) is 0 Å². The molecule has 3 fully saturated rings. The Kier molecular flexibility index (Phi) is 5.03. The molecule has 3 aliphatic rings. The first kappa shape index (κ1) is 12.3. The lowest BCUT2D eigenvalue weighted by Gasteiger charge is -2.32. The van der Waals surface area contributed by atoms with Gasteiger partial charge in [0.2, 0.25) is 0 Å². The number of ether oxygens (including phenoxy) is 2. The summed E-state index contributed by atoms with van der Waals surface area (Å²) >= 11 is 0. The molecule has 0 aromatic rings. The minimum absolute atomic E-state index is 0.311. The van der Waals surface area contributed by atoms with Crippen LogP contribution in [-0.4, -0.2) is 51.6 Å². The summed E-state index contributed by atoms with van der Waals surface area (Å²) in [6.07, 6.45) is 5.04. The number of nitrogens with one attached hydrogen (secondary N) is 2. The summed E-state index contributed by atoms with van der Waals surface area (Å²) in [6.45, 7) is 7.14. The normalized spacial score (nSPS) is 28.5. The molecule has 3 heterocycles. The maximum Gasteiger partial charge on any atom is 0.0707 e. The number of rotatable bonds is 0. The average molecular weight is 228 g/mol. The van der Waals surface area contributed by atoms with Gasteiger partial charge in [-0.05, 0) is 38.8 Å². The van der Waals surface area contributed by atoms with Gasteiger partial charge in [-0.3, -0.25) is 0 Å². The third kappa shape index (κ3) is 3.70. The van der Waals surface area contributed by atoms with Crippen molar-refractivity contribution in [2.75, 3.05) is 46.0 Å². The van der Waals surface area contributed by atoms with E-state index >= 15 is 0 Å². The maximum atomic E-state index is 5.74. The van der Waals surface area contributed by atoms with Crippen LogP contribution in [0.3, 0.4) is 0 Å². The Morgan fingerprint density at radius 1 is 0.750 bits per heavy atom. The topological polar surface area (TPSA) is 42.5 Å². The van der Waals surface area contributed by atoms with E-state index in [1.807, 2.05) is 0 Å². The smallest absolute Gasteiger partial charge is 0.0707 e. The molecule has 3 saturated heterocycles. The van der Waals surface area contributed by atoms with Crippen LogP contribution in [0.15, 0.2) is 0 Å². The van der Waals surface area contributed by atoms with Gasteiger partial charge in [0.1, 0.15) is 0 Å². The molecule has 4 heteroatoms. The van der Waals surface area contributed by atoms with Crippen LogP contribution >= 0.6 is 0 Å². The zero-order chi connectivity index (χ0) is 11.1. The Morgan fingerprint density at radius 3 is 1.88 bits per heavy atom. The van der Waals surface area contributed by atoms with E-state index in [1.165, 1.54) is 25.7 Å². The van der Waals surface area contributed by atoms with Gasteiger partial charge in [0.25, 0.3) is 0 Å². The lowest BCUT2D eigenvalue weighted by molar-refractivity contribution is -0.0190. The Balaban J connectivity index is 0.000000138. The SMILES string of the molecule is C1COC2(C1)CCNCC2.C1COCCN1. The maximum absolute atomic E-state index is 5.74. The van der Waals surface area contributed by atoms with E-state index in [1.54, 1.807) is 0 Å². The van der Waals surface area contributed by atoms with Crippen molar-refractivity contribution in [3.63, 3.8) is 0 Å². The third-order valence-corrected chi connectivity index (χ3v) is 3.55. The highest BCUT2D eigenvalue weighted by Crippen LogP contribution is 2.33. The zero-order valence-corrected chi connectivity index (χ0v) is 10.1. The van der Waals surface area contributed by atoms with Gasteiger partial charge in [-0.15, -0.1) is 0 Å². The molecule has 0 saturated carbocycles. The van der Waals surface area contributed by atoms with Gasteiger partial charge in [-0.1, -0.05) is 0 Å². The Hall–Kier alpha value is -0.160. The monoisotopic (exact) mass is 228 g/mol. The van der Waals surface area contributed by atoms with E-state index in [0.29, 0.717) is 5.60 Å². The zero-order valence-electron chi connectivity index (χ0n) is 10.1. The lowest BCUT2D eigenvalue weighted by Crippen LogP contribution is -2.41. The molecule has 0 radical (unpaired) electrons. The summed E-state index contributed by atoms with van der Waals surface area (Å²) in [5.41, 5.74) is 0.311. The summed E-state index contributed by atoms with van der Waals surface area (Å²) in [6, 6.07) is 0. The summed E-state index contributed by atoms with van der Waals surface area (Å²) in [5, 5.41) is 6.52. The first-order valence-electron chi connectivity index (χ1n) is 6.55. The third-order valence-electron chi connectivity index (χ3n) is 3.55. The minimum atomic E-state index is 0.311. The molecular weight excluding hydrogens is 204 g/mol. The highest BCUT2D eigenvalue weighted by Gasteiger charge is 2.35. The van der Waals surface area contributed by atoms with Crippen molar-refractivity contribution >= 4 is 0 Å². The van der Waals surface area contributed by atoms with E-state index in [2.05, 4.69) is 10.6 Å². The Labute approximate surface area is 98.1 Å². The molecule has 0 amide bonds. The number of piperidine rings is 1. The second kappa shape index (κ2) is 6.55. The molecule has 0 atom stereocenters. The van der Waals surface area contributed by atoms with Crippen LogP contribution in [0, 0.1) is 0 Å². The summed E-state index contributed by atoms with van der Waals surface area (Å²) < 4.78 is 10.7. The number of morpholine rings is 1. The predicted molar refractivity (Wildman–Crippen MR) is 63.7 cm³/mol. The molecule has 0 aromatic heterocycles. The van der Waals surface area contributed by atoms with E-state index in [9.17, 15) is 0 Å². The Bertz CT molecular complexity index is 170. The first-order valence-corrected chi connectivity index (χ1v) is 6.55. The average Bonchev–Trinajstić information content (AvgIpc) is 2.81. The van der Waals surface area contributed by atoms with Crippen molar-refractivity contribution in [3.8, 4) is 0 Å². The molecule has 0 aromatic carbocycles. The predicted octanol–water partition coefficient (Wildman–Crippen LogP) is 0.525. The summed E-state index contributed by atoms with van der Waals surface area (Å²) in [4.78, 5) is 0. The molecular formula is C12H24N2O2. The highest BCUT2D eigenvalue weighted by atomic mass is 16.5. The second-order valence-electron chi connectivity index (χ2n) is 4.75. The quantitative estimate of drug-likeness (QED) is 0.634. The van der Waals surface area contributed by atoms with Crippen molar-refractivity contribution < 1.29 is 9.47 Å². The molecule has 0 unspecified atom stereocenters. The largest absolute Gasteiger partial charge is 0.379 e. The standard InChI is InChI=1S/C8H15NO.C4H9NO/c1-2-8(10-7-1)3-5-9-6-4-8;1-3-6-4-2-5-1/h9H,1-7H2;5H,1-4H2. The molecule has 16 heavy (non-hydrogen) atoms. The number of hydrogen-bond donors (Lipinski definition) is 2. The van der Waals surface area contributed by atoms with E-state index in [0.717, 1.165) is 46.0 Å². The van der Waals surface area contributed by atoms with Crippen molar-refractivity contribution in [1.82, 2.24) is 10.6 Å². The summed E-state index contributed by atoms with van der Waals surface area (Å²) in [5.74, 6) is 0. The number of hydrogen-bond acceptors (Lipinski definition) is 4. The fraction of sp³-hybridized carbons (Fsp3) is 1.00. The first-order chi connectivity index (χ1) is 7.91. The molecule has 1 spiro atoms. The highest BCUT2D eigenvalue weighted by molar-refractivity contribution is 4.89. The molecule has 94 valence electrons.